The van der Waals surface area contributed by atoms with E-state index in [0.29, 0.717) is 0 Å². The Kier molecular flexibility index (Phi) is 4.12. The third-order valence-electron chi connectivity index (χ3n) is 8.46. The molecule has 0 spiro atoms. The Hall–Kier alpha value is -3.47. The lowest BCUT2D eigenvalue weighted by atomic mass is 10.1. The molecule has 0 radical (unpaired) electrons. The predicted molar refractivity (Wildman–Crippen MR) is 151 cm³/mol. The van der Waals surface area contributed by atoms with Gasteiger partial charge in [0.15, 0.2) is 0 Å². The fourth-order valence-corrected chi connectivity index (χ4v) is 15.1. The molecule has 0 bridgehead atoms. The third-order valence-corrected chi connectivity index (χ3v) is 17.4. The molecule has 0 saturated heterocycles. The zero-order chi connectivity index (χ0) is 22.9. The summed E-state index contributed by atoms with van der Waals surface area (Å²) in [5.74, 6) is 0. The van der Waals surface area contributed by atoms with Gasteiger partial charge in [-0.3, -0.25) is 0 Å². The number of hydrogen-bond donors (Lipinski definition) is 0. The summed E-state index contributed by atoms with van der Waals surface area (Å²) in [6, 6.07) is 46.2. The van der Waals surface area contributed by atoms with Crippen molar-refractivity contribution < 1.29 is 0 Å². The van der Waals surface area contributed by atoms with E-state index in [-0.39, 0.29) is 0 Å². The summed E-state index contributed by atoms with van der Waals surface area (Å²) in [7, 11) is -4.16. The van der Waals surface area contributed by atoms with Gasteiger partial charge in [0.05, 0.1) is 0 Å². The molecule has 5 aromatic carbocycles. The maximum Gasteiger partial charge on any atom is 0.147 e. The minimum Gasteiger partial charge on any atom is -0.0624 e. The summed E-state index contributed by atoms with van der Waals surface area (Å²) in [6.07, 6.45) is 0. The maximum absolute atomic E-state index is 2.59. The Morgan fingerprint density at radius 2 is 0.647 bits per heavy atom. The molecule has 5 aromatic rings. The highest BCUT2D eigenvalue weighted by Crippen LogP contribution is 2.30. The minimum atomic E-state index is -2.08. The zero-order valence-corrected chi connectivity index (χ0v) is 21.5. The Bertz CT molecular complexity index is 1390. The molecule has 7 rings (SSSR count). The van der Waals surface area contributed by atoms with Crippen molar-refractivity contribution in [1.82, 2.24) is 0 Å². The van der Waals surface area contributed by atoms with Crippen LogP contribution in [0.4, 0.5) is 0 Å². The number of fused-ring (bicyclic) bond motifs is 6. The molecule has 2 aliphatic heterocycles. The number of hydrogen-bond acceptors (Lipinski definition) is 0. The van der Waals surface area contributed by atoms with E-state index in [1.165, 1.54) is 32.6 Å². The first-order valence-electron chi connectivity index (χ1n) is 12.1. The average Bonchev–Trinajstić information content (AvgIpc) is 3.33. The molecule has 0 nitrogen and oxygen atoms in total. The molecule has 0 atom stereocenters. The van der Waals surface area contributed by atoms with E-state index < -0.39 is 16.1 Å². The molecule has 162 valence electrons. The van der Waals surface area contributed by atoms with E-state index in [0.717, 1.165) is 0 Å². The normalized spacial score (nSPS) is 15.8. The van der Waals surface area contributed by atoms with Gasteiger partial charge in [-0.25, -0.2) is 0 Å². The van der Waals surface area contributed by atoms with Crippen molar-refractivity contribution in [2.24, 2.45) is 0 Å². The summed E-state index contributed by atoms with van der Waals surface area (Å²) in [4.78, 5) is 0. The third kappa shape index (κ3) is 2.42. The van der Waals surface area contributed by atoms with Crippen molar-refractivity contribution in [2.45, 2.75) is 13.1 Å². The molecule has 0 unspecified atom stereocenters. The van der Waals surface area contributed by atoms with Crippen molar-refractivity contribution in [1.29, 1.82) is 0 Å². The molecular formula is C32H26Si2. The summed E-state index contributed by atoms with van der Waals surface area (Å²) in [6.45, 7) is 5.11. The monoisotopic (exact) mass is 466 g/mol. The van der Waals surface area contributed by atoms with Crippen LogP contribution in [0.2, 0.25) is 13.1 Å². The molecule has 2 aliphatic rings. The van der Waals surface area contributed by atoms with Gasteiger partial charge >= 0.3 is 0 Å². The molecular weight excluding hydrogens is 441 g/mol. The van der Waals surface area contributed by atoms with Crippen molar-refractivity contribution in [2.75, 3.05) is 0 Å². The van der Waals surface area contributed by atoms with Crippen LogP contribution in [0.15, 0.2) is 121 Å². The van der Waals surface area contributed by atoms with Crippen LogP contribution in [0.25, 0.3) is 22.3 Å². The lowest BCUT2D eigenvalue weighted by molar-refractivity contribution is 1.71. The van der Waals surface area contributed by atoms with Gasteiger partial charge in [0, 0.05) is 0 Å². The fraction of sp³-hybridized carbons (Fsp3) is 0.0625. The summed E-state index contributed by atoms with van der Waals surface area (Å²) >= 11 is 0. The van der Waals surface area contributed by atoms with Gasteiger partial charge in [-0.1, -0.05) is 134 Å². The Labute approximate surface area is 203 Å². The predicted octanol–water partition coefficient (Wildman–Crippen LogP) is 3.85. The molecule has 0 N–H and O–H groups in total. The van der Waals surface area contributed by atoms with Gasteiger partial charge in [0.25, 0.3) is 0 Å². The lowest BCUT2D eigenvalue weighted by Crippen LogP contribution is -2.66. The molecule has 0 fully saturated rings. The van der Waals surface area contributed by atoms with Crippen molar-refractivity contribution >= 4 is 47.3 Å². The van der Waals surface area contributed by atoms with Crippen molar-refractivity contribution in [3.8, 4) is 22.3 Å². The summed E-state index contributed by atoms with van der Waals surface area (Å²) < 4.78 is 0. The second-order valence-electron chi connectivity index (χ2n) is 10.0. The van der Waals surface area contributed by atoms with Gasteiger partial charge in [-0.2, -0.15) is 0 Å². The molecule has 0 aromatic heterocycles. The standard InChI is InChI=1S/C32H26Si2/c1-33(29-18-7-3-14-25(29)26-15-4-8-19-30(26)33)23-12-11-13-24(22-23)34(2)31-20-9-5-16-27(31)28-17-6-10-21-32(28)34/h3-22H,1-2H3. The largest absolute Gasteiger partial charge is 0.147 e. The van der Waals surface area contributed by atoms with Crippen LogP contribution >= 0.6 is 0 Å². The Morgan fingerprint density at radius 1 is 0.353 bits per heavy atom. The second kappa shape index (κ2) is 7.02. The summed E-state index contributed by atoms with van der Waals surface area (Å²) in [5, 5.41) is 9.25. The first kappa shape index (κ1) is 20.0. The second-order valence-corrected chi connectivity index (χ2v) is 17.8. The first-order chi connectivity index (χ1) is 16.6. The van der Waals surface area contributed by atoms with Gasteiger partial charge in [-0.05, 0) is 53.4 Å². The molecule has 2 heteroatoms. The van der Waals surface area contributed by atoms with E-state index in [1.54, 1.807) is 20.7 Å². The smallest absolute Gasteiger partial charge is 0.0624 e. The highest BCUT2D eigenvalue weighted by atomic mass is 28.3. The maximum atomic E-state index is 2.59. The van der Waals surface area contributed by atoms with Crippen LogP contribution in [0.3, 0.4) is 0 Å². The number of benzene rings is 5. The lowest BCUT2D eigenvalue weighted by Gasteiger charge is -2.30. The van der Waals surface area contributed by atoms with Gasteiger partial charge in [0.1, 0.15) is 16.1 Å². The SMILES string of the molecule is C[Si]1(c2cccc([Si]3(C)c4ccccc4-c4ccccc43)c2)c2ccccc2-c2ccccc21. The zero-order valence-electron chi connectivity index (χ0n) is 19.5. The quantitative estimate of drug-likeness (QED) is 0.347. The van der Waals surface area contributed by atoms with Crippen LogP contribution in [-0.2, 0) is 0 Å². The van der Waals surface area contributed by atoms with Gasteiger partial charge in [0.2, 0.25) is 0 Å². The molecule has 0 saturated carbocycles. The first-order valence-corrected chi connectivity index (χ1v) is 17.1. The van der Waals surface area contributed by atoms with E-state index in [1.807, 2.05) is 0 Å². The average molecular weight is 467 g/mol. The van der Waals surface area contributed by atoms with Crippen LogP contribution in [0, 0.1) is 0 Å². The molecule has 0 amide bonds. The Balaban J connectivity index is 1.48. The molecule has 2 heterocycles. The van der Waals surface area contributed by atoms with Crippen LogP contribution < -0.4 is 31.1 Å². The van der Waals surface area contributed by atoms with Gasteiger partial charge in [-0.15, -0.1) is 0 Å². The van der Waals surface area contributed by atoms with Crippen LogP contribution in [0.1, 0.15) is 0 Å². The summed E-state index contributed by atoms with van der Waals surface area (Å²) in [5.41, 5.74) is 5.71. The molecule has 0 aliphatic carbocycles. The topological polar surface area (TPSA) is 0 Å². The van der Waals surface area contributed by atoms with Crippen LogP contribution in [-0.4, -0.2) is 16.1 Å². The Morgan fingerprint density at radius 3 is 0.971 bits per heavy atom. The van der Waals surface area contributed by atoms with E-state index in [2.05, 4.69) is 134 Å². The minimum absolute atomic E-state index is 1.43. The molecule has 34 heavy (non-hydrogen) atoms. The van der Waals surface area contributed by atoms with E-state index in [9.17, 15) is 0 Å². The van der Waals surface area contributed by atoms with Crippen molar-refractivity contribution in [3.05, 3.63) is 121 Å². The highest BCUT2D eigenvalue weighted by molar-refractivity contribution is 7.15. The highest BCUT2D eigenvalue weighted by Gasteiger charge is 2.46. The van der Waals surface area contributed by atoms with E-state index >= 15 is 0 Å². The van der Waals surface area contributed by atoms with Crippen molar-refractivity contribution in [3.63, 3.8) is 0 Å². The van der Waals surface area contributed by atoms with Crippen LogP contribution in [0.5, 0.6) is 0 Å². The number of rotatable bonds is 2. The fourth-order valence-electron chi connectivity index (χ4n) is 6.67. The van der Waals surface area contributed by atoms with Gasteiger partial charge < -0.3 is 0 Å². The van der Waals surface area contributed by atoms with E-state index in [4.69, 9.17) is 0 Å².